The molecule has 3 heteroatoms. The van der Waals surface area contributed by atoms with Crippen molar-refractivity contribution in [3.8, 4) is 0 Å². The van der Waals surface area contributed by atoms with E-state index in [9.17, 15) is 4.79 Å². The number of hydrogen-bond donors (Lipinski definition) is 1. The van der Waals surface area contributed by atoms with E-state index in [0.717, 1.165) is 0 Å². The summed E-state index contributed by atoms with van der Waals surface area (Å²) < 4.78 is 0. The van der Waals surface area contributed by atoms with Crippen molar-refractivity contribution in [1.82, 2.24) is 4.98 Å². The van der Waals surface area contributed by atoms with E-state index < -0.39 is 5.97 Å². The first-order chi connectivity index (χ1) is 7.75. The number of carboxylic acid groups (broad SMARTS) is 1. The van der Waals surface area contributed by atoms with Gasteiger partial charge in [-0.05, 0) is 36.5 Å². The molecule has 16 heavy (non-hydrogen) atoms. The molecule has 1 aromatic heterocycles. The highest BCUT2D eigenvalue weighted by Crippen LogP contribution is 2.32. The second kappa shape index (κ2) is 5.10. The lowest BCUT2D eigenvalue weighted by molar-refractivity contribution is -0.136. The molecule has 1 saturated carbocycles. The molecule has 1 N–H and O–H groups in total. The monoisotopic (exact) mass is 219 g/mol. The van der Waals surface area contributed by atoms with Crippen molar-refractivity contribution in [2.24, 2.45) is 0 Å². The Labute approximate surface area is 95.5 Å². The van der Waals surface area contributed by atoms with Crippen molar-refractivity contribution < 1.29 is 9.90 Å². The Balaban J connectivity index is 2.11. The van der Waals surface area contributed by atoms with Crippen LogP contribution in [-0.4, -0.2) is 16.1 Å². The number of aromatic nitrogens is 1. The Morgan fingerprint density at radius 3 is 2.81 bits per heavy atom. The number of rotatable bonds is 3. The first-order valence-electron chi connectivity index (χ1n) is 5.92. The third kappa shape index (κ3) is 2.81. The van der Waals surface area contributed by atoms with Gasteiger partial charge in [-0.25, -0.2) is 0 Å². The van der Waals surface area contributed by atoms with E-state index in [1.807, 2.05) is 12.1 Å². The van der Waals surface area contributed by atoms with Gasteiger partial charge in [0.2, 0.25) is 0 Å². The zero-order chi connectivity index (χ0) is 11.4. The van der Waals surface area contributed by atoms with Gasteiger partial charge < -0.3 is 5.11 Å². The fourth-order valence-corrected chi connectivity index (χ4v) is 2.44. The summed E-state index contributed by atoms with van der Waals surface area (Å²) in [5, 5.41) is 8.73. The standard InChI is InChI=1S/C13H17NO2/c15-13(16)9-12-8-11(6-7-14-12)10-4-2-1-3-5-10/h6-8,10H,1-5,9H2,(H,15,16). The molecule has 3 nitrogen and oxygen atoms in total. The molecule has 86 valence electrons. The van der Waals surface area contributed by atoms with E-state index in [0.29, 0.717) is 11.6 Å². The average molecular weight is 219 g/mol. The van der Waals surface area contributed by atoms with Crippen molar-refractivity contribution >= 4 is 5.97 Å². The van der Waals surface area contributed by atoms with Crippen LogP contribution in [0.25, 0.3) is 0 Å². The van der Waals surface area contributed by atoms with Crippen LogP contribution in [0.5, 0.6) is 0 Å². The zero-order valence-corrected chi connectivity index (χ0v) is 9.35. The SMILES string of the molecule is O=C(O)Cc1cc(C2CCCCC2)ccn1. The summed E-state index contributed by atoms with van der Waals surface area (Å²) in [6.07, 6.45) is 8.15. The van der Waals surface area contributed by atoms with Crippen LogP contribution in [-0.2, 0) is 11.2 Å². The summed E-state index contributed by atoms with van der Waals surface area (Å²) >= 11 is 0. The van der Waals surface area contributed by atoms with Crippen LogP contribution in [0.1, 0.15) is 49.3 Å². The highest BCUT2D eigenvalue weighted by molar-refractivity contribution is 5.69. The maximum Gasteiger partial charge on any atom is 0.309 e. The molecular formula is C13H17NO2. The lowest BCUT2D eigenvalue weighted by Gasteiger charge is -2.22. The second-order valence-electron chi connectivity index (χ2n) is 4.49. The van der Waals surface area contributed by atoms with Gasteiger partial charge >= 0.3 is 5.97 Å². The van der Waals surface area contributed by atoms with Gasteiger partial charge in [0.1, 0.15) is 0 Å². The van der Waals surface area contributed by atoms with Crippen LogP contribution < -0.4 is 0 Å². The quantitative estimate of drug-likeness (QED) is 0.850. The molecule has 0 bridgehead atoms. The van der Waals surface area contributed by atoms with E-state index in [1.54, 1.807) is 6.20 Å². The summed E-state index contributed by atoms with van der Waals surface area (Å²) in [7, 11) is 0. The van der Waals surface area contributed by atoms with E-state index in [4.69, 9.17) is 5.11 Å². The Morgan fingerprint density at radius 2 is 2.12 bits per heavy atom. The molecule has 0 aliphatic heterocycles. The molecule has 0 unspecified atom stereocenters. The van der Waals surface area contributed by atoms with Crippen LogP contribution in [0.4, 0.5) is 0 Å². The maximum absolute atomic E-state index is 10.6. The van der Waals surface area contributed by atoms with Gasteiger partial charge in [-0.15, -0.1) is 0 Å². The third-order valence-electron chi connectivity index (χ3n) is 3.25. The minimum absolute atomic E-state index is 0.0283. The number of carboxylic acids is 1. The van der Waals surface area contributed by atoms with Crippen LogP contribution in [0.15, 0.2) is 18.3 Å². The Hall–Kier alpha value is -1.38. The molecule has 0 saturated heterocycles. The molecule has 1 fully saturated rings. The molecule has 1 aliphatic rings. The van der Waals surface area contributed by atoms with Gasteiger partial charge in [-0.3, -0.25) is 9.78 Å². The van der Waals surface area contributed by atoms with Gasteiger partial charge in [0.15, 0.2) is 0 Å². The molecular weight excluding hydrogens is 202 g/mol. The predicted octanol–water partition coefficient (Wildman–Crippen LogP) is 2.76. The predicted molar refractivity (Wildman–Crippen MR) is 61.4 cm³/mol. The lowest BCUT2D eigenvalue weighted by Crippen LogP contribution is -2.07. The fourth-order valence-electron chi connectivity index (χ4n) is 2.44. The minimum atomic E-state index is -0.812. The first-order valence-corrected chi connectivity index (χ1v) is 5.92. The summed E-state index contributed by atoms with van der Waals surface area (Å²) in [6, 6.07) is 3.99. The molecule has 2 rings (SSSR count). The normalized spacial score (nSPS) is 17.2. The van der Waals surface area contributed by atoms with Gasteiger partial charge in [-0.1, -0.05) is 19.3 Å². The van der Waals surface area contributed by atoms with Gasteiger partial charge in [-0.2, -0.15) is 0 Å². The molecule has 0 spiro atoms. The molecule has 1 aromatic rings. The van der Waals surface area contributed by atoms with Crippen LogP contribution in [0.2, 0.25) is 0 Å². The third-order valence-corrected chi connectivity index (χ3v) is 3.25. The summed E-state index contributed by atoms with van der Waals surface area (Å²) in [4.78, 5) is 14.7. The summed E-state index contributed by atoms with van der Waals surface area (Å²) in [5.41, 5.74) is 1.95. The Kier molecular flexibility index (Phi) is 3.54. The van der Waals surface area contributed by atoms with E-state index in [1.165, 1.54) is 37.7 Å². The number of aliphatic carboxylic acids is 1. The van der Waals surface area contributed by atoms with Crippen molar-refractivity contribution in [2.45, 2.75) is 44.4 Å². The van der Waals surface area contributed by atoms with Gasteiger partial charge in [0, 0.05) is 6.20 Å². The molecule has 1 heterocycles. The highest BCUT2D eigenvalue weighted by Gasteiger charge is 2.16. The Bertz CT molecular complexity index is 370. The number of carbonyl (C=O) groups is 1. The molecule has 0 atom stereocenters. The zero-order valence-electron chi connectivity index (χ0n) is 9.35. The van der Waals surface area contributed by atoms with Crippen molar-refractivity contribution in [2.75, 3.05) is 0 Å². The van der Waals surface area contributed by atoms with Gasteiger partial charge in [0.05, 0.1) is 12.1 Å². The molecule has 0 radical (unpaired) electrons. The summed E-state index contributed by atoms with van der Waals surface area (Å²) in [6.45, 7) is 0. The van der Waals surface area contributed by atoms with Crippen LogP contribution >= 0.6 is 0 Å². The molecule has 0 aromatic carbocycles. The number of nitrogens with zero attached hydrogens (tertiary/aromatic N) is 1. The number of pyridine rings is 1. The largest absolute Gasteiger partial charge is 0.481 e. The van der Waals surface area contributed by atoms with Crippen LogP contribution in [0.3, 0.4) is 0 Å². The van der Waals surface area contributed by atoms with Crippen molar-refractivity contribution in [3.05, 3.63) is 29.6 Å². The Morgan fingerprint density at radius 1 is 1.38 bits per heavy atom. The fraction of sp³-hybridized carbons (Fsp3) is 0.538. The topological polar surface area (TPSA) is 50.2 Å². The van der Waals surface area contributed by atoms with Crippen LogP contribution in [0, 0.1) is 0 Å². The lowest BCUT2D eigenvalue weighted by atomic mass is 9.84. The highest BCUT2D eigenvalue weighted by atomic mass is 16.4. The smallest absolute Gasteiger partial charge is 0.309 e. The number of hydrogen-bond acceptors (Lipinski definition) is 2. The van der Waals surface area contributed by atoms with Crippen molar-refractivity contribution in [1.29, 1.82) is 0 Å². The van der Waals surface area contributed by atoms with Crippen molar-refractivity contribution in [3.63, 3.8) is 0 Å². The first kappa shape index (κ1) is 11.1. The van der Waals surface area contributed by atoms with E-state index in [2.05, 4.69) is 4.98 Å². The van der Waals surface area contributed by atoms with Gasteiger partial charge in [0.25, 0.3) is 0 Å². The molecule has 1 aliphatic carbocycles. The van der Waals surface area contributed by atoms with E-state index in [-0.39, 0.29) is 6.42 Å². The summed E-state index contributed by atoms with van der Waals surface area (Å²) in [5.74, 6) is -0.197. The average Bonchev–Trinajstić information content (AvgIpc) is 2.30. The van der Waals surface area contributed by atoms with E-state index >= 15 is 0 Å². The second-order valence-corrected chi connectivity index (χ2v) is 4.49. The maximum atomic E-state index is 10.6. The minimum Gasteiger partial charge on any atom is -0.481 e. The molecule has 0 amide bonds.